The smallest absolute Gasteiger partial charge is 0.240 e. The first-order chi connectivity index (χ1) is 9.51. The third kappa shape index (κ3) is 3.71. The minimum Gasteiger partial charge on any atom is -0.494 e. The molecule has 1 aliphatic carbocycles. The number of hydrogen-bond acceptors (Lipinski definition) is 4. The van der Waals surface area contributed by atoms with Gasteiger partial charge in [0.1, 0.15) is 5.75 Å². The Kier molecular flexibility index (Phi) is 4.67. The van der Waals surface area contributed by atoms with Gasteiger partial charge < -0.3 is 9.84 Å². The molecule has 1 aromatic carbocycles. The Morgan fingerprint density at radius 2 is 1.95 bits per heavy atom. The van der Waals surface area contributed by atoms with Gasteiger partial charge in [0.2, 0.25) is 10.0 Å². The summed E-state index contributed by atoms with van der Waals surface area (Å²) in [4.78, 5) is 0.237. The lowest BCUT2D eigenvalue weighted by Crippen LogP contribution is -2.30. The van der Waals surface area contributed by atoms with Gasteiger partial charge >= 0.3 is 0 Å². The minimum atomic E-state index is -3.49. The van der Waals surface area contributed by atoms with Crippen LogP contribution in [0.5, 0.6) is 5.75 Å². The van der Waals surface area contributed by atoms with Crippen molar-refractivity contribution >= 4 is 10.0 Å². The van der Waals surface area contributed by atoms with Crippen molar-refractivity contribution in [2.24, 2.45) is 5.41 Å². The van der Waals surface area contributed by atoms with E-state index < -0.39 is 10.0 Å². The van der Waals surface area contributed by atoms with Crippen LogP contribution in [0.4, 0.5) is 0 Å². The zero-order chi connectivity index (χ0) is 14.6. The Bertz CT molecular complexity index is 535. The molecule has 5 nitrogen and oxygen atoms in total. The van der Waals surface area contributed by atoms with Crippen LogP contribution >= 0.6 is 0 Å². The highest BCUT2D eigenvalue weighted by atomic mass is 32.2. The van der Waals surface area contributed by atoms with Gasteiger partial charge in [-0.3, -0.25) is 0 Å². The van der Waals surface area contributed by atoms with Crippen molar-refractivity contribution in [1.29, 1.82) is 0 Å². The van der Waals surface area contributed by atoms with E-state index in [9.17, 15) is 8.42 Å². The average Bonchev–Trinajstić information content (AvgIpc) is 3.19. The third-order valence-corrected chi connectivity index (χ3v) is 5.10. The molecule has 2 rings (SSSR count). The van der Waals surface area contributed by atoms with Crippen molar-refractivity contribution < 1.29 is 18.3 Å². The molecule has 0 amide bonds. The molecule has 0 spiro atoms. The number of ether oxygens (including phenoxy) is 1. The first kappa shape index (κ1) is 15.3. The summed E-state index contributed by atoms with van der Waals surface area (Å²) in [6, 6.07) is 6.38. The average molecular weight is 299 g/mol. The molecule has 1 fully saturated rings. The van der Waals surface area contributed by atoms with Gasteiger partial charge in [-0.2, -0.15) is 0 Å². The van der Waals surface area contributed by atoms with Crippen LogP contribution in [0.25, 0.3) is 0 Å². The number of aliphatic hydroxyl groups excluding tert-OH is 1. The molecule has 2 N–H and O–H groups in total. The van der Waals surface area contributed by atoms with Crippen LogP contribution in [-0.2, 0) is 10.0 Å². The first-order valence-corrected chi connectivity index (χ1v) is 8.33. The van der Waals surface area contributed by atoms with Crippen molar-refractivity contribution in [3.05, 3.63) is 24.3 Å². The molecule has 1 saturated carbocycles. The van der Waals surface area contributed by atoms with Crippen LogP contribution in [0.2, 0.25) is 0 Å². The second kappa shape index (κ2) is 6.11. The van der Waals surface area contributed by atoms with Crippen molar-refractivity contribution in [3.8, 4) is 5.75 Å². The van der Waals surface area contributed by atoms with E-state index in [1.807, 2.05) is 6.92 Å². The highest BCUT2D eigenvalue weighted by Crippen LogP contribution is 2.48. The summed E-state index contributed by atoms with van der Waals surface area (Å²) >= 11 is 0. The lowest BCUT2D eigenvalue weighted by molar-refractivity contribution is 0.249. The second-order valence-corrected chi connectivity index (χ2v) is 6.97. The molecule has 0 aliphatic heterocycles. The Morgan fingerprint density at radius 1 is 1.30 bits per heavy atom. The molecular weight excluding hydrogens is 278 g/mol. The summed E-state index contributed by atoms with van der Waals surface area (Å²) in [5, 5.41) is 8.98. The predicted molar refractivity (Wildman–Crippen MR) is 76.2 cm³/mol. The van der Waals surface area contributed by atoms with Crippen molar-refractivity contribution in [1.82, 2.24) is 4.72 Å². The molecule has 112 valence electrons. The van der Waals surface area contributed by atoms with Gasteiger partial charge in [0.15, 0.2) is 0 Å². The number of benzene rings is 1. The molecule has 0 atom stereocenters. The fraction of sp³-hybridized carbons (Fsp3) is 0.571. The van der Waals surface area contributed by atoms with Crippen molar-refractivity contribution in [2.45, 2.75) is 31.1 Å². The Hall–Kier alpha value is -1.11. The predicted octanol–water partition coefficient (Wildman–Crippen LogP) is 1.53. The maximum Gasteiger partial charge on any atom is 0.240 e. The van der Waals surface area contributed by atoms with E-state index in [0.29, 0.717) is 25.3 Å². The summed E-state index contributed by atoms with van der Waals surface area (Å²) < 4.78 is 32.3. The zero-order valence-corrected chi connectivity index (χ0v) is 12.4. The van der Waals surface area contributed by atoms with Gasteiger partial charge in [-0.05, 0) is 55.9 Å². The van der Waals surface area contributed by atoms with Gasteiger partial charge in [-0.15, -0.1) is 0 Å². The number of rotatable bonds is 8. The van der Waals surface area contributed by atoms with E-state index in [4.69, 9.17) is 9.84 Å². The summed E-state index contributed by atoms with van der Waals surface area (Å²) in [7, 11) is -3.49. The first-order valence-electron chi connectivity index (χ1n) is 6.85. The second-order valence-electron chi connectivity index (χ2n) is 5.20. The summed E-state index contributed by atoms with van der Waals surface area (Å²) in [6.07, 6.45) is 2.59. The lowest BCUT2D eigenvalue weighted by Gasteiger charge is -2.15. The molecular formula is C14H21NO4S. The van der Waals surface area contributed by atoms with Gasteiger partial charge in [0, 0.05) is 13.2 Å². The quantitative estimate of drug-likeness (QED) is 0.763. The number of aliphatic hydroxyl groups is 1. The van der Waals surface area contributed by atoms with E-state index in [1.54, 1.807) is 24.3 Å². The standard InChI is InChI=1S/C14H21NO4S/c1-2-19-12-3-5-13(6-4-12)20(17,18)15-11-14(7-8-14)9-10-16/h3-6,15-16H,2,7-11H2,1H3. The van der Waals surface area contributed by atoms with E-state index in [1.165, 1.54) is 0 Å². The monoisotopic (exact) mass is 299 g/mol. The molecule has 1 aromatic rings. The Morgan fingerprint density at radius 3 is 2.45 bits per heavy atom. The molecule has 0 aromatic heterocycles. The van der Waals surface area contributed by atoms with Gasteiger partial charge in [-0.25, -0.2) is 13.1 Å². The van der Waals surface area contributed by atoms with Gasteiger partial charge in [0.25, 0.3) is 0 Å². The van der Waals surface area contributed by atoms with Crippen LogP contribution in [0.1, 0.15) is 26.2 Å². The minimum absolute atomic E-state index is 0.0346. The van der Waals surface area contributed by atoms with E-state index >= 15 is 0 Å². The van der Waals surface area contributed by atoms with Crippen LogP contribution in [-0.4, -0.2) is 33.3 Å². The number of nitrogens with one attached hydrogen (secondary N) is 1. The van der Waals surface area contributed by atoms with Crippen LogP contribution < -0.4 is 9.46 Å². The molecule has 6 heteroatoms. The highest BCUT2D eigenvalue weighted by Gasteiger charge is 2.42. The van der Waals surface area contributed by atoms with E-state index in [2.05, 4.69) is 4.72 Å². The number of hydrogen-bond donors (Lipinski definition) is 2. The third-order valence-electron chi connectivity index (χ3n) is 3.68. The molecule has 0 unspecified atom stereocenters. The summed E-state index contributed by atoms with van der Waals surface area (Å²) in [5.74, 6) is 0.658. The van der Waals surface area contributed by atoms with Gasteiger partial charge in [0.05, 0.1) is 11.5 Å². The van der Waals surface area contributed by atoms with Gasteiger partial charge in [-0.1, -0.05) is 0 Å². The van der Waals surface area contributed by atoms with E-state index in [0.717, 1.165) is 12.8 Å². The summed E-state index contributed by atoms with van der Waals surface area (Å²) in [5.41, 5.74) is -0.0346. The molecule has 0 saturated heterocycles. The molecule has 1 aliphatic rings. The Balaban J connectivity index is 1.99. The lowest BCUT2D eigenvalue weighted by atomic mass is 10.0. The maximum absolute atomic E-state index is 12.2. The van der Waals surface area contributed by atoms with Crippen LogP contribution in [0, 0.1) is 5.41 Å². The Labute approximate surface area is 120 Å². The normalized spacial score (nSPS) is 16.9. The zero-order valence-electron chi connectivity index (χ0n) is 11.6. The van der Waals surface area contributed by atoms with Crippen LogP contribution in [0.15, 0.2) is 29.2 Å². The molecule has 0 bridgehead atoms. The topological polar surface area (TPSA) is 75.6 Å². The highest BCUT2D eigenvalue weighted by molar-refractivity contribution is 7.89. The molecule has 0 heterocycles. The number of sulfonamides is 1. The molecule has 0 radical (unpaired) electrons. The maximum atomic E-state index is 12.2. The molecule has 20 heavy (non-hydrogen) atoms. The van der Waals surface area contributed by atoms with E-state index in [-0.39, 0.29) is 16.9 Å². The van der Waals surface area contributed by atoms with Crippen LogP contribution in [0.3, 0.4) is 0 Å². The SMILES string of the molecule is CCOc1ccc(S(=O)(=O)NCC2(CCO)CC2)cc1. The summed E-state index contributed by atoms with van der Waals surface area (Å²) in [6.45, 7) is 2.92. The van der Waals surface area contributed by atoms with Crippen molar-refractivity contribution in [2.75, 3.05) is 19.8 Å². The fourth-order valence-electron chi connectivity index (χ4n) is 2.14. The van der Waals surface area contributed by atoms with Crippen molar-refractivity contribution in [3.63, 3.8) is 0 Å². The fourth-order valence-corrected chi connectivity index (χ4v) is 3.30. The largest absolute Gasteiger partial charge is 0.494 e.